The van der Waals surface area contributed by atoms with Crippen LogP contribution in [0.5, 0.6) is 0 Å². The van der Waals surface area contributed by atoms with Crippen molar-refractivity contribution < 1.29 is 31.8 Å². The molecule has 3 aromatic rings. The fourth-order valence-electron chi connectivity index (χ4n) is 6.10. The van der Waals surface area contributed by atoms with E-state index in [2.05, 4.69) is 17.0 Å². The molecule has 1 aliphatic carbocycles. The molecule has 0 amide bonds. The number of benzene rings is 3. The van der Waals surface area contributed by atoms with Crippen LogP contribution in [0.1, 0.15) is 41.0 Å². The lowest BCUT2D eigenvalue weighted by Gasteiger charge is -2.44. The Balaban J connectivity index is 1.44. The van der Waals surface area contributed by atoms with Crippen molar-refractivity contribution in [2.75, 3.05) is 20.2 Å². The minimum atomic E-state index is -5.07. The van der Waals surface area contributed by atoms with Crippen molar-refractivity contribution in [1.82, 2.24) is 4.90 Å². The first-order valence-electron chi connectivity index (χ1n) is 13.2. The Labute approximate surface area is 225 Å². The summed E-state index contributed by atoms with van der Waals surface area (Å²) < 4.78 is 69.1. The molecule has 3 aromatic carbocycles. The standard InChI is InChI=1S/C31H31F4NO3/c1-38-30(31(33,34)35,24-12-6-3-7-13-24)29(37)39-28-19-23-11-8-14-26(32)25(23)20-27(28)36-17-15-22(16-18-36)21-9-4-2-5-10-21/h2-14,22,27-28H,15-20H2,1H3/t27-,28-,30-/m1/s1. The summed E-state index contributed by atoms with van der Waals surface area (Å²) in [6.45, 7) is 1.32. The van der Waals surface area contributed by atoms with Gasteiger partial charge in [-0.15, -0.1) is 0 Å². The van der Waals surface area contributed by atoms with Crippen LogP contribution in [-0.2, 0) is 32.7 Å². The van der Waals surface area contributed by atoms with E-state index in [-0.39, 0.29) is 24.2 Å². The molecule has 4 nitrogen and oxygen atoms in total. The molecule has 206 valence electrons. The molecule has 0 saturated carbocycles. The summed E-state index contributed by atoms with van der Waals surface area (Å²) >= 11 is 0. The van der Waals surface area contributed by atoms with Crippen molar-refractivity contribution in [3.8, 4) is 0 Å². The molecule has 1 aliphatic heterocycles. The average molecular weight is 542 g/mol. The number of hydrogen-bond donors (Lipinski definition) is 0. The molecule has 0 spiro atoms. The van der Waals surface area contributed by atoms with Crippen LogP contribution < -0.4 is 0 Å². The van der Waals surface area contributed by atoms with E-state index in [1.54, 1.807) is 18.2 Å². The Morgan fingerprint density at radius 3 is 2.13 bits per heavy atom. The van der Waals surface area contributed by atoms with Crippen LogP contribution in [0.2, 0.25) is 0 Å². The number of carbonyl (C=O) groups is 1. The van der Waals surface area contributed by atoms with Crippen LogP contribution in [0.25, 0.3) is 0 Å². The van der Waals surface area contributed by atoms with Gasteiger partial charge in [0.15, 0.2) is 0 Å². The first-order valence-corrected chi connectivity index (χ1v) is 13.2. The smallest absolute Gasteiger partial charge is 0.432 e. The van der Waals surface area contributed by atoms with Gasteiger partial charge in [-0.3, -0.25) is 4.90 Å². The molecule has 8 heteroatoms. The average Bonchev–Trinajstić information content (AvgIpc) is 2.94. The normalized spacial score (nSPS) is 22.1. The fraction of sp³-hybridized carbons (Fsp3) is 0.387. The number of ether oxygens (including phenoxy) is 2. The molecule has 0 N–H and O–H groups in total. The van der Waals surface area contributed by atoms with Crippen molar-refractivity contribution >= 4 is 5.97 Å². The molecule has 1 heterocycles. The predicted molar refractivity (Wildman–Crippen MR) is 139 cm³/mol. The highest BCUT2D eigenvalue weighted by Crippen LogP contribution is 2.44. The minimum absolute atomic E-state index is 0.120. The van der Waals surface area contributed by atoms with Crippen LogP contribution >= 0.6 is 0 Å². The van der Waals surface area contributed by atoms with Crippen LogP contribution in [0.4, 0.5) is 17.6 Å². The Bertz CT molecular complexity index is 1280. The first kappa shape index (κ1) is 27.3. The van der Waals surface area contributed by atoms with Gasteiger partial charge in [0.05, 0.1) is 6.04 Å². The van der Waals surface area contributed by atoms with Gasteiger partial charge in [-0.05, 0) is 61.0 Å². The molecule has 0 unspecified atom stereocenters. The highest BCUT2D eigenvalue weighted by Gasteiger charge is 2.64. The topological polar surface area (TPSA) is 38.8 Å². The maximum Gasteiger partial charge on any atom is 0.432 e. The molecule has 5 rings (SSSR count). The number of nitrogens with zero attached hydrogens (tertiary/aromatic N) is 1. The van der Waals surface area contributed by atoms with Gasteiger partial charge in [-0.2, -0.15) is 13.2 Å². The number of alkyl halides is 3. The fourth-order valence-corrected chi connectivity index (χ4v) is 6.10. The molecule has 0 radical (unpaired) electrons. The number of piperidine rings is 1. The Kier molecular flexibility index (Phi) is 7.78. The molecule has 0 bridgehead atoms. The highest BCUT2D eigenvalue weighted by molar-refractivity contribution is 5.83. The van der Waals surface area contributed by atoms with Crippen molar-refractivity contribution in [2.45, 2.75) is 55.5 Å². The lowest BCUT2D eigenvalue weighted by Crippen LogP contribution is -2.57. The zero-order chi connectivity index (χ0) is 27.6. The third-order valence-electron chi connectivity index (χ3n) is 8.18. The summed E-state index contributed by atoms with van der Waals surface area (Å²) in [5.41, 5.74) is -1.22. The summed E-state index contributed by atoms with van der Waals surface area (Å²) in [6, 6.07) is 21.2. The van der Waals surface area contributed by atoms with E-state index in [0.29, 0.717) is 30.1 Å². The van der Waals surface area contributed by atoms with Crippen LogP contribution in [-0.4, -0.2) is 49.4 Å². The molecule has 2 aliphatic rings. The molecular weight excluding hydrogens is 510 g/mol. The number of rotatable bonds is 6. The largest absolute Gasteiger partial charge is 0.458 e. The van der Waals surface area contributed by atoms with Gasteiger partial charge < -0.3 is 9.47 Å². The lowest BCUT2D eigenvalue weighted by molar-refractivity contribution is -0.279. The molecule has 0 aromatic heterocycles. The van der Waals surface area contributed by atoms with Gasteiger partial charge in [-0.25, -0.2) is 9.18 Å². The predicted octanol–water partition coefficient (Wildman–Crippen LogP) is 6.19. The van der Waals surface area contributed by atoms with E-state index in [9.17, 15) is 22.4 Å². The number of hydrogen-bond acceptors (Lipinski definition) is 4. The van der Waals surface area contributed by atoms with Crippen LogP contribution in [0.15, 0.2) is 78.9 Å². The Morgan fingerprint density at radius 1 is 0.872 bits per heavy atom. The Morgan fingerprint density at radius 2 is 1.51 bits per heavy atom. The number of methoxy groups -OCH3 is 1. The van der Waals surface area contributed by atoms with Gasteiger partial charge in [-0.1, -0.05) is 72.8 Å². The Hall–Kier alpha value is -3.23. The molecule has 1 saturated heterocycles. The molecule has 39 heavy (non-hydrogen) atoms. The third-order valence-corrected chi connectivity index (χ3v) is 8.18. The highest BCUT2D eigenvalue weighted by atomic mass is 19.4. The number of carbonyl (C=O) groups excluding carboxylic acids is 1. The molecular formula is C31H31F4NO3. The number of fused-ring (bicyclic) bond motifs is 1. The zero-order valence-corrected chi connectivity index (χ0v) is 21.7. The van der Waals surface area contributed by atoms with Crippen molar-refractivity contribution in [1.29, 1.82) is 0 Å². The maximum absolute atomic E-state index is 14.8. The quantitative estimate of drug-likeness (QED) is 0.276. The van der Waals surface area contributed by atoms with E-state index in [1.807, 2.05) is 18.2 Å². The van der Waals surface area contributed by atoms with Crippen molar-refractivity contribution in [3.05, 3.63) is 107 Å². The molecule has 1 fully saturated rings. The van der Waals surface area contributed by atoms with Crippen LogP contribution in [0.3, 0.4) is 0 Å². The monoisotopic (exact) mass is 541 g/mol. The van der Waals surface area contributed by atoms with Gasteiger partial charge in [0, 0.05) is 19.1 Å². The molecule has 3 atom stereocenters. The van der Waals surface area contributed by atoms with Gasteiger partial charge in [0.25, 0.3) is 5.60 Å². The summed E-state index contributed by atoms with van der Waals surface area (Å²) in [5, 5.41) is 0. The van der Waals surface area contributed by atoms with Crippen molar-refractivity contribution in [3.63, 3.8) is 0 Å². The maximum atomic E-state index is 14.8. The summed E-state index contributed by atoms with van der Waals surface area (Å²) in [4.78, 5) is 15.6. The number of esters is 1. The zero-order valence-electron chi connectivity index (χ0n) is 21.7. The van der Waals surface area contributed by atoms with Crippen LogP contribution in [0, 0.1) is 5.82 Å². The first-order chi connectivity index (χ1) is 18.7. The summed E-state index contributed by atoms with van der Waals surface area (Å²) in [7, 11) is 0.860. The van der Waals surface area contributed by atoms with Gasteiger partial charge in [0.2, 0.25) is 0 Å². The van der Waals surface area contributed by atoms with E-state index >= 15 is 0 Å². The van der Waals surface area contributed by atoms with Gasteiger partial charge >= 0.3 is 12.1 Å². The summed E-state index contributed by atoms with van der Waals surface area (Å²) in [5.74, 6) is -1.51. The van der Waals surface area contributed by atoms with E-state index < -0.39 is 29.9 Å². The SMILES string of the molecule is CO[C@@](C(=O)O[C@@H]1Cc2cccc(F)c2C[C@H]1N1CCC(c2ccccc2)CC1)(c1ccccc1)C(F)(F)F. The van der Waals surface area contributed by atoms with Gasteiger partial charge in [0.1, 0.15) is 11.9 Å². The third kappa shape index (κ3) is 5.20. The second-order valence-corrected chi connectivity index (χ2v) is 10.3. The van der Waals surface area contributed by atoms with E-state index in [0.717, 1.165) is 20.0 Å². The second-order valence-electron chi connectivity index (χ2n) is 10.3. The number of likely N-dealkylation sites (tertiary alicyclic amines) is 1. The van der Waals surface area contributed by atoms with E-state index in [1.165, 1.54) is 35.9 Å². The number of halogens is 4. The lowest BCUT2D eigenvalue weighted by atomic mass is 9.82. The van der Waals surface area contributed by atoms with E-state index in [4.69, 9.17) is 9.47 Å². The summed E-state index contributed by atoms with van der Waals surface area (Å²) in [6.07, 6.45) is -3.91. The minimum Gasteiger partial charge on any atom is -0.458 e. The van der Waals surface area contributed by atoms with Crippen molar-refractivity contribution in [2.24, 2.45) is 0 Å². The second kappa shape index (κ2) is 11.1.